The number of methoxy groups -OCH3 is 1. The molecule has 120 valence electrons. The summed E-state index contributed by atoms with van der Waals surface area (Å²) in [6.07, 6.45) is 11.2. The maximum atomic E-state index is 5.04. The van der Waals surface area contributed by atoms with Crippen molar-refractivity contribution in [2.75, 3.05) is 26.8 Å². The summed E-state index contributed by atoms with van der Waals surface area (Å²) in [5.41, 5.74) is 1.25. The van der Waals surface area contributed by atoms with Gasteiger partial charge >= 0.3 is 0 Å². The molecule has 1 atom stereocenters. The van der Waals surface area contributed by atoms with Crippen LogP contribution in [0.4, 0.5) is 0 Å². The van der Waals surface area contributed by atoms with Gasteiger partial charge in [-0.3, -0.25) is 4.68 Å². The van der Waals surface area contributed by atoms with Gasteiger partial charge in [-0.2, -0.15) is 5.10 Å². The fourth-order valence-electron chi connectivity index (χ4n) is 3.08. The first kappa shape index (κ1) is 16.5. The Hall–Kier alpha value is -0.870. The minimum Gasteiger partial charge on any atom is -0.383 e. The van der Waals surface area contributed by atoms with Crippen LogP contribution in [-0.4, -0.2) is 36.6 Å². The standard InChI is InChI=1S/C17H31N3O/c1-15(14-18-11-13-21-2)8-9-16-10-12-20(19-16)17-6-4-3-5-7-17/h10,12,15,17-18H,3-9,11,13-14H2,1-2H3. The molecule has 0 saturated heterocycles. The smallest absolute Gasteiger partial charge is 0.0624 e. The Bertz CT molecular complexity index is 385. The molecular weight excluding hydrogens is 262 g/mol. The SMILES string of the molecule is COCCNCC(C)CCc1ccn(C2CCCCC2)n1. The molecule has 1 fully saturated rings. The van der Waals surface area contributed by atoms with Gasteiger partial charge in [0, 0.05) is 19.9 Å². The maximum Gasteiger partial charge on any atom is 0.0624 e. The van der Waals surface area contributed by atoms with E-state index in [1.54, 1.807) is 7.11 Å². The molecule has 1 saturated carbocycles. The van der Waals surface area contributed by atoms with Crippen LogP contribution in [0, 0.1) is 5.92 Å². The number of aromatic nitrogens is 2. The van der Waals surface area contributed by atoms with Crippen molar-refractivity contribution in [2.45, 2.75) is 57.9 Å². The monoisotopic (exact) mass is 293 g/mol. The summed E-state index contributed by atoms with van der Waals surface area (Å²) in [6.45, 7) is 5.10. The van der Waals surface area contributed by atoms with Crippen molar-refractivity contribution in [1.29, 1.82) is 0 Å². The number of nitrogens with zero attached hydrogens (tertiary/aromatic N) is 2. The van der Waals surface area contributed by atoms with Crippen LogP contribution < -0.4 is 5.32 Å². The van der Waals surface area contributed by atoms with Crippen LogP contribution in [0.2, 0.25) is 0 Å². The van der Waals surface area contributed by atoms with Crippen molar-refractivity contribution in [3.8, 4) is 0 Å². The van der Waals surface area contributed by atoms with Gasteiger partial charge in [-0.15, -0.1) is 0 Å². The van der Waals surface area contributed by atoms with Crippen LogP contribution in [0.3, 0.4) is 0 Å². The van der Waals surface area contributed by atoms with E-state index in [-0.39, 0.29) is 0 Å². The lowest BCUT2D eigenvalue weighted by Gasteiger charge is -2.21. The van der Waals surface area contributed by atoms with Crippen molar-refractivity contribution in [3.63, 3.8) is 0 Å². The molecule has 0 spiro atoms. The van der Waals surface area contributed by atoms with Gasteiger partial charge < -0.3 is 10.1 Å². The molecule has 1 aromatic heterocycles. The lowest BCUT2D eigenvalue weighted by atomic mass is 9.96. The summed E-state index contributed by atoms with van der Waals surface area (Å²) in [6, 6.07) is 2.86. The largest absolute Gasteiger partial charge is 0.383 e. The molecule has 1 unspecified atom stereocenters. The molecule has 2 rings (SSSR count). The van der Waals surface area contributed by atoms with Crippen molar-refractivity contribution in [2.24, 2.45) is 5.92 Å². The van der Waals surface area contributed by atoms with Crippen LogP contribution in [0.25, 0.3) is 0 Å². The Labute approximate surface area is 129 Å². The fourth-order valence-corrected chi connectivity index (χ4v) is 3.08. The quantitative estimate of drug-likeness (QED) is 0.711. The average Bonchev–Trinajstić information content (AvgIpc) is 2.99. The van der Waals surface area contributed by atoms with Gasteiger partial charge in [-0.05, 0) is 44.2 Å². The molecule has 0 amide bonds. The van der Waals surface area contributed by atoms with Gasteiger partial charge in [0.05, 0.1) is 18.3 Å². The lowest BCUT2D eigenvalue weighted by molar-refractivity contribution is 0.198. The Kier molecular flexibility index (Phi) is 7.24. The summed E-state index contributed by atoms with van der Waals surface area (Å²) in [5.74, 6) is 0.682. The highest BCUT2D eigenvalue weighted by molar-refractivity contribution is 5.00. The second-order valence-corrected chi connectivity index (χ2v) is 6.42. The van der Waals surface area contributed by atoms with Crippen molar-refractivity contribution < 1.29 is 4.74 Å². The van der Waals surface area contributed by atoms with Crippen molar-refractivity contribution in [1.82, 2.24) is 15.1 Å². The summed E-state index contributed by atoms with van der Waals surface area (Å²) in [7, 11) is 1.74. The van der Waals surface area contributed by atoms with Crippen molar-refractivity contribution in [3.05, 3.63) is 18.0 Å². The van der Waals surface area contributed by atoms with E-state index in [1.807, 2.05) is 0 Å². The number of hydrogen-bond acceptors (Lipinski definition) is 3. The Morgan fingerprint density at radius 1 is 1.38 bits per heavy atom. The van der Waals surface area contributed by atoms with E-state index in [2.05, 4.69) is 29.2 Å². The van der Waals surface area contributed by atoms with E-state index in [0.717, 1.165) is 26.1 Å². The fraction of sp³-hybridized carbons (Fsp3) is 0.824. The van der Waals surface area contributed by atoms with E-state index in [9.17, 15) is 0 Å². The summed E-state index contributed by atoms with van der Waals surface area (Å²) in [4.78, 5) is 0. The maximum absolute atomic E-state index is 5.04. The zero-order valence-corrected chi connectivity index (χ0v) is 13.7. The first-order valence-electron chi connectivity index (χ1n) is 8.53. The molecule has 0 aliphatic heterocycles. The van der Waals surface area contributed by atoms with Crippen LogP contribution >= 0.6 is 0 Å². The Morgan fingerprint density at radius 2 is 2.19 bits per heavy atom. The molecule has 4 nitrogen and oxygen atoms in total. The predicted octanol–water partition coefficient (Wildman–Crippen LogP) is 3.19. The molecular formula is C17H31N3O. The third-order valence-corrected chi connectivity index (χ3v) is 4.48. The topological polar surface area (TPSA) is 39.1 Å². The van der Waals surface area contributed by atoms with Crippen LogP contribution in [0.15, 0.2) is 12.3 Å². The first-order chi connectivity index (χ1) is 10.3. The van der Waals surface area contributed by atoms with Gasteiger partial charge in [0.2, 0.25) is 0 Å². The van der Waals surface area contributed by atoms with Gasteiger partial charge in [0.25, 0.3) is 0 Å². The molecule has 1 heterocycles. The number of rotatable bonds is 9. The molecule has 21 heavy (non-hydrogen) atoms. The highest BCUT2D eigenvalue weighted by Crippen LogP contribution is 2.27. The molecule has 0 aromatic carbocycles. The lowest BCUT2D eigenvalue weighted by Crippen LogP contribution is -2.25. The normalized spacial score (nSPS) is 18.0. The molecule has 1 N–H and O–H groups in total. The molecule has 1 aliphatic carbocycles. The highest BCUT2D eigenvalue weighted by atomic mass is 16.5. The summed E-state index contributed by atoms with van der Waals surface area (Å²) >= 11 is 0. The second kappa shape index (κ2) is 9.21. The van der Waals surface area contributed by atoms with E-state index in [4.69, 9.17) is 9.84 Å². The van der Waals surface area contributed by atoms with E-state index in [0.29, 0.717) is 12.0 Å². The van der Waals surface area contributed by atoms with Crippen LogP contribution in [0.5, 0.6) is 0 Å². The summed E-state index contributed by atoms with van der Waals surface area (Å²) < 4.78 is 7.26. The number of hydrogen-bond donors (Lipinski definition) is 1. The Morgan fingerprint density at radius 3 is 2.95 bits per heavy atom. The first-order valence-corrected chi connectivity index (χ1v) is 8.53. The molecule has 0 radical (unpaired) electrons. The number of ether oxygens (including phenoxy) is 1. The van der Waals surface area contributed by atoms with E-state index < -0.39 is 0 Å². The van der Waals surface area contributed by atoms with Crippen molar-refractivity contribution >= 4 is 0 Å². The van der Waals surface area contributed by atoms with Gasteiger partial charge in [-0.1, -0.05) is 26.2 Å². The number of nitrogens with one attached hydrogen (secondary N) is 1. The predicted molar refractivity (Wildman–Crippen MR) is 86.6 cm³/mol. The summed E-state index contributed by atoms with van der Waals surface area (Å²) in [5, 5.41) is 8.22. The highest BCUT2D eigenvalue weighted by Gasteiger charge is 2.16. The van der Waals surface area contributed by atoms with Gasteiger partial charge in [0.1, 0.15) is 0 Å². The van der Waals surface area contributed by atoms with E-state index in [1.165, 1.54) is 44.2 Å². The molecule has 0 bridgehead atoms. The second-order valence-electron chi connectivity index (χ2n) is 6.42. The molecule has 1 aliphatic rings. The minimum atomic E-state index is 0.653. The average molecular weight is 293 g/mol. The van der Waals surface area contributed by atoms with Gasteiger partial charge in [0.15, 0.2) is 0 Å². The zero-order chi connectivity index (χ0) is 14.9. The minimum absolute atomic E-state index is 0.653. The molecule has 1 aromatic rings. The van der Waals surface area contributed by atoms with E-state index >= 15 is 0 Å². The number of aryl methyl sites for hydroxylation is 1. The third kappa shape index (κ3) is 5.79. The zero-order valence-electron chi connectivity index (χ0n) is 13.7. The van der Waals surface area contributed by atoms with Crippen LogP contribution in [0.1, 0.15) is 57.2 Å². The third-order valence-electron chi connectivity index (χ3n) is 4.48. The van der Waals surface area contributed by atoms with Gasteiger partial charge in [-0.25, -0.2) is 0 Å². The van der Waals surface area contributed by atoms with Crippen LogP contribution in [-0.2, 0) is 11.2 Å². The Balaban J connectivity index is 1.67. The molecule has 4 heteroatoms.